The third-order valence-corrected chi connectivity index (χ3v) is 4.25. The number of rotatable bonds is 9. The molecule has 6 nitrogen and oxygen atoms in total. The molecule has 0 aliphatic carbocycles. The molecule has 0 fully saturated rings. The van der Waals surface area contributed by atoms with Crippen molar-refractivity contribution in [2.24, 2.45) is 4.99 Å². The number of hydrogen-bond donors (Lipinski definition) is 2. The van der Waals surface area contributed by atoms with Crippen molar-refractivity contribution in [2.45, 2.75) is 26.5 Å². The van der Waals surface area contributed by atoms with Gasteiger partial charge in [-0.1, -0.05) is 23.8 Å². The van der Waals surface area contributed by atoms with E-state index in [1.807, 2.05) is 19.1 Å². The average molecular weight is 407 g/mol. The van der Waals surface area contributed by atoms with Crippen LogP contribution in [0.25, 0.3) is 0 Å². The zero-order valence-electron chi connectivity index (χ0n) is 17.1. The van der Waals surface area contributed by atoms with Crippen LogP contribution in [0, 0.1) is 6.92 Å². The molecule has 0 spiro atoms. The number of hydrogen-bond acceptors (Lipinski definition) is 4. The van der Waals surface area contributed by atoms with Gasteiger partial charge in [-0.15, -0.1) is 0 Å². The first kappa shape index (κ1) is 22.3. The summed E-state index contributed by atoms with van der Waals surface area (Å²) in [6.07, 6.45) is 0.764. The van der Waals surface area contributed by atoms with Crippen LogP contribution in [0.1, 0.15) is 16.7 Å². The van der Waals surface area contributed by atoms with E-state index >= 15 is 0 Å². The van der Waals surface area contributed by atoms with Gasteiger partial charge in [0, 0.05) is 20.1 Å². The van der Waals surface area contributed by atoms with Gasteiger partial charge in [0.15, 0.2) is 17.5 Å². The van der Waals surface area contributed by atoms with Crippen LogP contribution in [0.5, 0.6) is 17.2 Å². The third-order valence-electron chi connectivity index (χ3n) is 4.25. The fourth-order valence-corrected chi connectivity index (χ4v) is 2.84. The van der Waals surface area contributed by atoms with Crippen molar-refractivity contribution in [3.63, 3.8) is 0 Å². The molecule has 2 N–H and O–H groups in total. The van der Waals surface area contributed by atoms with E-state index in [1.54, 1.807) is 26.3 Å². The van der Waals surface area contributed by atoms with Crippen molar-refractivity contribution in [3.05, 3.63) is 53.1 Å². The lowest BCUT2D eigenvalue weighted by atomic mass is 10.1. The summed E-state index contributed by atoms with van der Waals surface area (Å²) in [5.41, 5.74) is 3.04. The first-order chi connectivity index (χ1) is 14.0. The Morgan fingerprint density at radius 3 is 2.38 bits per heavy atom. The Hall–Kier alpha value is -3.03. The molecule has 158 valence electrons. The van der Waals surface area contributed by atoms with Gasteiger partial charge in [0.25, 0.3) is 0 Å². The first-order valence-electron chi connectivity index (χ1n) is 9.16. The zero-order valence-corrected chi connectivity index (χ0v) is 17.1. The molecule has 0 amide bonds. The van der Waals surface area contributed by atoms with Crippen LogP contribution in [0.15, 0.2) is 41.4 Å². The molecule has 2 aromatic rings. The molecule has 0 aliphatic rings. The van der Waals surface area contributed by atoms with E-state index in [0.717, 1.165) is 23.3 Å². The second-order valence-corrected chi connectivity index (χ2v) is 6.28. The molecule has 0 atom stereocenters. The summed E-state index contributed by atoms with van der Waals surface area (Å²) in [4.78, 5) is 4.19. The number of ether oxygens (including phenoxy) is 3. The summed E-state index contributed by atoms with van der Waals surface area (Å²) in [6, 6.07) is 10.9. The fourth-order valence-electron chi connectivity index (χ4n) is 2.84. The highest BCUT2D eigenvalue weighted by atomic mass is 19.3. The van der Waals surface area contributed by atoms with Gasteiger partial charge >= 0.3 is 6.61 Å². The Morgan fingerprint density at radius 1 is 1.00 bits per heavy atom. The molecule has 0 heterocycles. The maximum absolute atomic E-state index is 12.6. The highest BCUT2D eigenvalue weighted by Gasteiger charge is 2.11. The van der Waals surface area contributed by atoms with Crippen LogP contribution in [-0.4, -0.2) is 40.4 Å². The molecule has 0 aliphatic heterocycles. The van der Waals surface area contributed by atoms with Crippen LogP contribution >= 0.6 is 0 Å². The maximum Gasteiger partial charge on any atom is 0.387 e. The molecule has 0 radical (unpaired) electrons. The smallest absolute Gasteiger partial charge is 0.387 e. The summed E-state index contributed by atoms with van der Waals surface area (Å²) in [5, 5.41) is 6.39. The van der Waals surface area contributed by atoms with Crippen LogP contribution in [-0.2, 0) is 13.0 Å². The van der Waals surface area contributed by atoms with Gasteiger partial charge in [0.1, 0.15) is 5.75 Å². The van der Waals surface area contributed by atoms with Gasteiger partial charge in [-0.2, -0.15) is 8.78 Å². The Morgan fingerprint density at radius 2 is 1.72 bits per heavy atom. The van der Waals surface area contributed by atoms with Gasteiger partial charge in [-0.05, 0) is 42.7 Å². The van der Waals surface area contributed by atoms with Gasteiger partial charge in [0.05, 0.1) is 14.2 Å². The predicted molar refractivity (Wildman–Crippen MR) is 109 cm³/mol. The number of halogens is 2. The van der Waals surface area contributed by atoms with Gasteiger partial charge in [-0.25, -0.2) is 0 Å². The molecule has 8 heteroatoms. The van der Waals surface area contributed by atoms with Crippen LogP contribution in [0.3, 0.4) is 0 Å². The molecule has 2 rings (SSSR count). The van der Waals surface area contributed by atoms with E-state index in [-0.39, 0.29) is 11.5 Å². The Bertz CT molecular complexity index is 829. The standard InChI is InChI=1S/C21H27F2N3O3/c1-14-5-7-17(27-3)16(11-14)9-10-25-21(24-2)26-13-15-6-8-18(28-4)19(12-15)29-20(22)23/h5-8,11-12,20H,9-10,13H2,1-4H3,(H2,24,25,26). The van der Waals surface area contributed by atoms with Gasteiger partial charge in [0.2, 0.25) is 0 Å². The van der Waals surface area contributed by atoms with E-state index in [9.17, 15) is 8.78 Å². The third kappa shape index (κ3) is 6.81. The number of benzene rings is 2. The lowest BCUT2D eigenvalue weighted by Crippen LogP contribution is -2.37. The SMILES string of the molecule is CN=C(NCCc1cc(C)ccc1OC)NCc1ccc(OC)c(OC(F)F)c1. The van der Waals surface area contributed by atoms with Gasteiger partial charge in [-0.3, -0.25) is 4.99 Å². The number of methoxy groups -OCH3 is 2. The minimum atomic E-state index is -2.92. The Balaban J connectivity index is 1.92. The molecular formula is C21H27F2N3O3. The lowest BCUT2D eigenvalue weighted by Gasteiger charge is -2.15. The minimum Gasteiger partial charge on any atom is -0.496 e. The zero-order chi connectivity index (χ0) is 21.2. The van der Waals surface area contributed by atoms with Crippen molar-refractivity contribution < 1.29 is 23.0 Å². The molecular weight excluding hydrogens is 380 g/mol. The number of nitrogens with one attached hydrogen (secondary N) is 2. The Kier molecular flexibility index (Phi) is 8.51. The summed E-state index contributed by atoms with van der Waals surface area (Å²) in [6.45, 7) is 0.163. The monoisotopic (exact) mass is 407 g/mol. The number of guanidine groups is 1. The van der Waals surface area contributed by atoms with Gasteiger partial charge < -0.3 is 24.8 Å². The highest BCUT2D eigenvalue weighted by Crippen LogP contribution is 2.29. The summed E-state index contributed by atoms with van der Waals surface area (Å²) >= 11 is 0. The van der Waals surface area contributed by atoms with E-state index in [0.29, 0.717) is 19.0 Å². The molecule has 0 saturated heterocycles. The maximum atomic E-state index is 12.6. The van der Waals surface area contributed by atoms with Crippen molar-refractivity contribution in [1.29, 1.82) is 0 Å². The van der Waals surface area contributed by atoms with Crippen molar-refractivity contribution in [2.75, 3.05) is 27.8 Å². The first-order valence-corrected chi connectivity index (χ1v) is 9.16. The minimum absolute atomic E-state index is 0.00344. The number of alkyl halides is 2. The lowest BCUT2D eigenvalue weighted by molar-refractivity contribution is -0.0512. The number of aliphatic imine (C=N–C) groups is 1. The van der Waals surface area contributed by atoms with E-state index < -0.39 is 6.61 Å². The predicted octanol–water partition coefficient (Wildman–Crippen LogP) is 3.52. The van der Waals surface area contributed by atoms with Crippen molar-refractivity contribution in [1.82, 2.24) is 10.6 Å². The fraction of sp³-hybridized carbons (Fsp3) is 0.381. The van der Waals surface area contributed by atoms with Crippen molar-refractivity contribution in [3.8, 4) is 17.2 Å². The molecule has 0 unspecified atom stereocenters. The molecule has 0 bridgehead atoms. The van der Waals surface area contributed by atoms with E-state index in [4.69, 9.17) is 9.47 Å². The van der Waals surface area contributed by atoms with E-state index in [2.05, 4.69) is 26.4 Å². The summed E-state index contributed by atoms with van der Waals surface area (Å²) in [7, 11) is 4.73. The number of aryl methyl sites for hydroxylation is 1. The molecule has 0 aromatic heterocycles. The second-order valence-electron chi connectivity index (χ2n) is 6.28. The molecule has 0 saturated carbocycles. The normalized spacial score (nSPS) is 11.3. The van der Waals surface area contributed by atoms with E-state index in [1.165, 1.54) is 18.7 Å². The topological polar surface area (TPSA) is 64.1 Å². The number of nitrogens with zero attached hydrogens (tertiary/aromatic N) is 1. The van der Waals surface area contributed by atoms with Crippen LogP contribution < -0.4 is 24.8 Å². The largest absolute Gasteiger partial charge is 0.496 e. The summed E-state index contributed by atoms with van der Waals surface area (Å²) in [5.74, 6) is 1.70. The average Bonchev–Trinajstić information content (AvgIpc) is 2.70. The second kappa shape index (κ2) is 11.1. The molecule has 2 aromatic carbocycles. The highest BCUT2D eigenvalue weighted by molar-refractivity contribution is 5.79. The molecule has 29 heavy (non-hydrogen) atoms. The van der Waals surface area contributed by atoms with Crippen LogP contribution in [0.4, 0.5) is 8.78 Å². The quantitative estimate of drug-likeness (QED) is 0.492. The van der Waals surface area contributed by atoms with Crippen LogP contribution in [0.2, 0.25) is 0 Å². The van der Waals surface area contributed by atoms with Crippen molar-refractivity contribution >= 4 is 5.96 Å². The Labute approximate surface area is 169 Å². The summed E-state index contributed by atoms with van der Waals surface area (Å²) < 4.78 is 40.1.